The van der Waals surface area contributed by atoms with Gasteiger partial charge in [-0.15, -0.1) is 0 Å². The van der Waals surface area contributed by atoms with Gasteiger partial charge in [0.2, 0.25) is 0 Å². The van der Waals surface area contributed by atoms with E-state index in [-0.39, 0.29) is 5.69 Å². The lowest BCUT2D eigenvalue weighted by atomic mass is 9.98. The molecule has 4 heteroatoms. The maximum absolute atomic E-state index is 10.8. The summed E-state index contributed by atoms with van der Waals surface area (Å²) in [6.07, 6.45) is 1.73. The Morgan fingerprint density at radius 3 is 2.18 bits per heavy atom. The molecular weight excluding hydrogens is 276 g/mol. The standard InChI is InChI=1S/C18H14N2O2/c1-13-4-6-14(7-5-13)17-3-2-12-19-18(17)15-8-10-16(11-9-15)20(21)22/h2-12H,1H3. The molecule has 22 heavy (non-hydrogen) atoms. The zero-order valence-corrected chi connectivity index (χ0v) is 12.1. The number of nitro benzene ring substituents is 1. The number of hydrogen-bond donors (Lipinski definition) is 0. The third kappa shape index (κ3) is 2.72. The molecule has 0 N–H and O–H groups in total. The van der Waals surface area contributed by atoms with Crippen molar-refractivity contribution < 1.29 is 4.92 Å². The number of pyridine rings is 1. The fraction of sp³-hybridized carbons (Fsp3) is 0.0556. The largest absolute Gasteiger partial charge is 0.269 e. The van der Waals surface area contributed by atoms with Gasteiger partial charge >= 0.3 is 0 Å². The highest BCUT2D eigenvalue weighted by Gasteiger charge is 2.10. The van der Waals surface area contributed by atoms with Crippen molar-refractivity contribution in [2.24, 2.45) is 0 Å². The summed E-state index contributed by atoms with van der Waals surface area (Å²) >= 11 is 0. The van der Waals surface area contributed by atoms with Crippen molar-refractivity contribution in [1.82, 2.24) is 4.98 Å². The monoisotopic (exact) mass is 290 g/mol. The predicted molar refractivity (Wildman–Crippen MR) is 86.5 cm³/mol. The molecule has 3 rings (SSSR count). The second-order valence-electron chi connectivity index (χ2n) is 5.07. The molecule has 108 valence electrons. The summed E-state index contributed by atoms with van der Waals surface area (Å²) in [5, 5.41) is 10.8. The maximum atomic E-state index is 10.8. The van der Waals surface area contributed by atoms with Crippen molar-refractivity contribution in [3.63, 3.8) is 0 Å². The lowest BCUT2D eigenvalue weighted by Gasteiger charge is -2.09. The predicted octanol–water partition coefficient (Wildman–Crippen LogP) is 4.63. The van der Waals surface area contributed by atoms with Gasteiger partial charge in [-0.3, -0.25) is 15.1 Å². The zero-order chi connectivity index (χ0) is 15.5. The van der Waals surface area contributed by atoms with Crippen molar-refractivity contribution in [3.05, 3.63) is 82.5 Å². The van der Waals surface area contributed by atoms with E-state index in [1.807, 2.05) is 19.1 Å². The Morgan fingerprint density at radius 1 is 0.909 bits per heavy atom. The molecule has 4 nitrogen and oxygen atoms in total. The fourth-order valence-corrected chi connectivity index (χ4v) is 2.34. The van der Waals surface area contributed by atoms with Gasteiger partial charge in [0.15, 0.2) is 0 Å². The molecule has 0 amide bonds. The minimum atomic E-state index is -0.400. The van der Waals surface area contributed by atoms with Gasteiger partial charge in [0.05, 0.1) is 10.6 Å². The summed E-state index contributed by atoms with van der Waals surface area (Å²) in [5.74, 6) is 0. The summed E-state index contributed by atoms with van der Waals surface area (Å²) in [7, 11) is 0. The van der Waals surface area contributed by atoms with Crippen LogP contribution in [0.25, 0.3) is 22.4 Å². The third-order valence-corrected chi connectivity index (χ3v) is 3.52. The van der Waals surface area contributed by atoms with Crippen LogP contribution in [0.5, 0.6) is 0 Å². The molecule has 0 saturated heterocycles. The molecular formula is C18H14N2O2. The number of aromatic nitrogens is 1. The van der Waals surface area contributed by atoms with Crippen LogP contribution in [-0.4, -0.2) is 9.91 Å². The normalized spacial score (nSPS) is 10.4. The molecule has 0 bridgehead atoms. The van der Waals surface area contributed by atoms with Gasteiger partial charge in [-0.2, -0.15) is 0 Å². The highest BCUT2D eigenvalue weighted by Crippen LogP contribution is 2.31. The Bertz CT molecular complexity index is 809. The van der Waals surface area contributed by atoms with Gasteiger partial charge in [0.25, 0.3) is 5.69 Å². The number of nitrogens with zero attached hydrogens (tertiary/aromatic N) is 2. The average molecular weight is 290 g/mol. The topological polar surface area (TPSA) is 56.0 Å². The minimum absolute atomic E-state index is 0.0802. The molecule has 2 aromatic carbocycles. The van der Waals surface area contributed by atoms with Crippen LogP contribution in [0.3, 0.4) is 0 Å². The highest BCUT2D eigenvalue weighted by molar-refractivity contribution is 5.80. The lowest BCUT2D eigenvalue weighted by Crippen LogP contribution is -1.91. The summed E-state index contributed by atoms with van der Waals surface area (Å²) in [6.45, 7) is 2.05. The average Bonchev–Trinajstić information content (AvgIpc) is 2.56. The van der Waals surface area contributed by atoms with Crippen LogP contribution >= 0.6 is 0 Å². The van der Waals surface area contributed by atoms with E-state index in [1.165, 1.54) is 17.7 Å². The van der Waals surface area contributed by atoms with E-state index in [0.717, 1.165) is 22.4 Å². The molecule has 0 spiro atoms. The Balaban J connectivity index is 2.08. The van der Waals surface area contributed by atoms with Gasteiger partial charge in [0, 0.05) is 29.5 Å². The Labute approximate surface area is 128 Å². The van der Waals surface area contributed by atoms with E-state index in [1.54, 1.807) is 18.3 Å². The van der Waals surface area contributed by atoms with E-state index in [2.05, 4.69) is 29.2 Å². The third-order valence-electron chi connectivity index (χ3n) is 3.52. The van der Waals surface area contributed by atoms with Crippen LogP contribution < -0.4 is 0 Å². The first kappa shape index (κ1) is 13.9. The SMILES string of the molecule is Cc1ccc(-c2cccnc2-c2ccc([N+](=O)[O-])cc2)cc1. The second kappa shape index (κ2) is 5.77. The minimum Gasteiger partial charge on any atom is -0.258 e. The van der Waals surface area contributed by atoms with Crippen molar-refractivity contribution in [3.8, 4) is 22.4 Å². The van der Waals surface area contributed by atoms with Gasteiger partial charge < -0.3 is 0 Å². The van der Waals surface area contributed by atoms with E-state index >= 15 is 0 Å². The van der Waals surface area contributed by atoms with Gasteiger partial charge in [0.1, 0.15) is 0 Å². The number of non-ortho nitro benzene ring substituents is 1. The van der Waals surface area contributed by atoms with E-state index in [0.29, 0.717) is 0 Å². The smallest absolute Gasteiger partial charge is 0.258 e. The number of hydrogen-bond acceptors (Lipinski definition) is 3. The number of rotatable bonds is 3. The molecule has 0 unspecified atom stereocenters. The molecule has 0 radical (unpaired) electrons. The molecule has 0 aliphatic rings. The van der Waals surface area contributed by atoms with Crippen molar-refractivity contribution >= 4 is 5.69 Å². The van der Waals surface area contributed by atoms with E-state index in [9.17, 15) is 10.1 Å². The Kier molecular flexibility index (Phi) is 3.66. The Hall–Kier alpha value is -3.01. The van der Waals surface area contributed by atoms with Crippen LogP contribution in [0.1, 0.15) is 5.56 Å². The lowest BCUT2D eigenvalue weighted by molar-refractivity contribution is -0.384. The van der Waals surface area contributed by atoms with Crippen molar-refractivity contribution in [2.75, 3.05) is 0 Å². The summed E-state index contributed by atoms with van der Waals surface area (Å²) < 4.78 is 0. The van der Waals surface area contributed by atoms with Gasteiger partial charge in [-0.25, -0.2) is 0 Å². The van der Waals surface area contributed by atoms with Crippen LogP contribution in [0.15, 0.2) is 66.9 Å². The molecule has 0 aliphatic carbocycles. The number of aryl methyl sites for hydroxylation is 1. The van der Waals surface area contributed by atoms with Gasteiger partial charge in [-0.1, -0.05) is 35.9 Å². The molecule has 0 fully saturated rings. The Morgan fingerprint density at radius 2 is 1.55 bits per heavy atom. The molecule has 1 heterocycles. The molecule has 1 aromatic heterocycles. The molecule has 0 atom stereocenters. The van der Waals surface area contributed by atoms with Crippen LogP contribution in [0, 0.1) is 17.0 Å². The first-order valence-corrected chi connectivity index (χ1v) is 6.92. The molecule has 0 saturated carbocycles. The van der Waals surface area contributed by atoms with Crippen LogP contribution in [0.2, 0.25) is 0 Å². The summed E-state index contributed by atoms with van der Waals surface area (Å²) in [5.41, 5.74) is 5.05. The van der Waals surface area contributed by atoms with Crippen LogP contribution in [-0.2, 0) is 0 Å². The summed E-state index contributed by atoms with van der Waals surface area (Å²) in [4.78, 5) is 14.8. The van der Waals surface area contributed by atoms with Gasteiger partial charge in [-0.05, 0) is 30.7 Å². The van der Waals surface area contributed by atoms with Crippen molar-refractivity contribution in [2.45, 2.75) is 6.92 Å². The first-order valence-electron chi connectivity index (χ1n) is 6.92. The second-order valence-corrected chi connectivity index (χ2v) is 5.07. The van der Waals surface area contributed by atoms with E-state index < -0.39 is 4.92 Å². The van der Waals surface area contributed by atoms with Crippen LogP contribution in [0.4, 0.5) is 5.69 Å². The highest BCUT2D eigenvalue weighted by atomic mass is 16.6. The fourth-order valence-electron chi connectivity index (χ4n) is 2.34. The first-order chi connectivity index (χ1) is 10.6. The molecule has 3 aromatic rings. The van der Waals surface area contributed by atoms with Crippen molar-refractivity contribution in [1.29, 1.82) is 0 Å². The maximum Gasteiger partial charge on any atom is 0.269 e. The molecule has 0 aliphatic heterocycles. The quantitative estimate of drug-likeness (QED) is 0.522. The number of nitro groups is 1. The summed E-state index contributed by atoms with van der Waals surface area (Å²) in [6, 6.07) is 18.6. The van der Waals surface area contributed by atoms with E-state index in [4.69, 9.17) is 0 Å². The number of benzene rings is 2. The zero-order valence-electron chi connectivity index (χ0n) is 12.1.